The van der Waals surface area contributed by atoms with Crippen molar-refractivity contribution in [3.63, 3.8) is 0 Å². The van der Waals surface area contributed by atoms with Crippen molar-refractivity contribution in [1.82, 2.24) is 0 Å². The lowest BCUT2D eigenvalue weighted by molar-refractivity contribution is 0.559. The van der Waals surface area contributed by atoms with E-state index < -0.39 is 0 Å². The third kappa shape index (κ3) is 11.7. The lowest BCUT2D eigenvalue weighted by Gasteiger charge is -2.07. The molecule has 0 heterocycles. The van der Waals surface area contributed by atoms with Gasteiger partial charge < -0.3 is 0 Å². The largest absolute Gasteiger partial charge is 0.0857 e. The van der Waals surface area contributed by atoms with Crippen LogP contribution in [0.25, 0.3) is 0 Å². The number of rotatable bonds is 5. The van der Waals surface area contributed by atoms with E-state index in [0.717, 1.165) is 5.92 Å². The first kappa shape index (κ1) is 15.2. The van der Waals surface area contributed by atoms with Crippen molar-refractivity contribution in [2.24, 2.45) is 11.8 Å². The van der Waals surface area contributed by atoms with E-state index in [1.54, 1.807) is 0 Å². The summed E-state index contributed by atoms with van der Waals surface area (Å²) in [5, 5.41) is 0. The van der Waals surface area contributed by atoms with Gasteiger partial charge in [-0.15, -0.1) is 0 Å². The molecule has 0 saturated carbocycles. The summed E-state index contributed by atoms with van der Waals surface area (Å²) in [6.45, 7) is 13.0. The van der Waals surface area contributed by atoms with Gasteiger partial charge in [-0.1, -0.05) is 60.1 Å². The van der Waals surface area contributed by atoms with Gasteiger partial charge in [-0.2, -0.15) is 0 Å². The van der Waals surface area contributed by atoms with Crippen LogP contribution in [0.1, 0.15) is 60.8 Å². The summed E-state index contributed by atoms with van der Waals surface area (Å²) in [4.78, 5) is 0. The third-order valence-electron chi connectivity index (χ3n) is 1.95. The molecule has 0 saturated heterocycles. The maximum atomic E-state index is 2.38. The first-order valence-electron chi connectivity index (χ1n) is 5.89. The van der Waals surface area contributed by atoms with E-state index in [0.29, 0.717) is 5.92 Å². The van der Waals surface area contributed by atoms with E-state index in [1.807, 2.05) is 13.8 Å². The van der Waals surface area contributed by atoms with Crippen LogP contribution in [0.3, 0.4) is 0 Å². The van der Waals surface area contributed by atoms with Gasteiger partial charge in [0.2, 0.25) is 0 Å². The molecule has 0 aliphatic rings. The van der Waals surface area contributed by atoms with Crippen LogP contribution in [0.2, 0.25) is 0 Å². The highest BCUT2D eigenvalue weighted by Crippen LogP contribution is 2.13. The summed E-state index contributed by atoms with van der Waals surface area (Å²) in [6.07, 6.45) is 8.65. The van der Waals surface area contributed by atoms with Crippen LogP contribution in [-0.4, -0.2) is 0 Å². The zero-order chi connectivity index (χ0) is 10.7. The van der Waals surface area contributed by atoms with Crippen molar-refractivity contribution in [2.75, 3.05) is 0 Å². The molecule has 0 aromatic heterocycles. The minimum Gasteiger partial charge on any atom is -0.0857 e. The highest BCUT2D eigenvalue weighted by Gasteiger charge is 1.98. The molecular formula is C13H28. The average Bonchev–Trinajstić information content (AvgIpc) is 2.15. The van der Waals surface area contributed by atoms with Crippen molar-refractivity contribution in [3.8, 4) is 0 Å². The number of hydrogen-bond acceptors (Lipinski definition) is 0. The maximum absolute atomic E-state index is 2.38. The second kappa shape index (κ2) is 11.7. The highest BCUT2D eigenvalue weighted by atomic mass is 14.0. The van der Waals surface area contributed by atoms with Gasteiger partial charge in [0.1, 0.15) is 0 Å². The fourth-order valence-electron chi connectivity index (χ4n) is 1.19. The fraction of sp³-hybridized carbons (Fsp3) is 0.846. The molecule has 13 heavy (non-hydrogen) atoms. The predicted molar refractivity (Wildman–Crippen MR) is 64.0 cm³/mol. The Bertz CT molecular complexity index is 101. The van der Waals surface area contributed by atoms with E-state index in [1.165, 1.54) is 19.3 Å². The SMILES string of the molecule is CC.CCCC(/C=C/C(C)C)CC. The van der Waals surface area contributed by atoms with Gasteiger partial charge in [0.05, 0.1) is 0 Å². The second-order valence-corrected chi connectivity index (χ2v) is 3.59. The Balaban J connectivity index is 0. The first-order valence-corrected chi connectivity index (χ1v) is 5.89. The highest BCUT2D eigenvalue weighted by molar-refractivity contribution is 4.89. The first-order chi connectivity index (χ1) is 6.20. The molecule has 1 unspecified atom stereocenters. The summed E-state index contributed by atoms with van der Waals surface area (Å²) in [5.41, 5.74) is 0. The van der Waals surface area contributed by atoms with Crippen molar-refractivity contribution < 1.29 is 0 Å². The molecule has 0 rings (SSSR count). The Morgan fingerprint density at radius 2 is 1.54 bits per heavy atom. The van der Waals surface area contributed by atoms with E-state index in [-0.39, 0.29) is 0 Å². The Hall–Kier alpha value is -0.260. The Morgan fingerprint density at radius 1 is 1.00 bits per heavy atom. The zero-order valence-corrected chi connectivity index (χ0v) is 10.4. The summed E-state index contributed by atoms with van der Waals surface area (Å²) in [5.74, 6) is 1.53. The molecule has 0 aromatic carbocycles. The van der Waals surface area contributed by atoms with Crippen molar-refractivity contribution in [2.45, 2.75) is 60.8 Å². The molecule has 0 aromatic rings. The van der Waals surface area contributed by atoms with Gasteiger partial charge in [0.25, 0.3) is 0 Å². The van der Waals surface area contributed by atoms with E-state index in [9.17, 15) is 0 Å². The summed E-state index contributed by atoms with van der Waals surface area (Å²) in [7, 11) is 0. The van der Waals surface area contributed by atoms with Crippen LogP contribution in [0.4, 0.5) is 0 Å². The van der Waals surface area contributed by atoms with Gasteiger partial charge in [0, 0.05) is 0 Å². The Kier molecular flexibility index (Phi) is 13.7. The molecule has 0 N–H and O–H groups in total. The van der Waals surface area contributed by atoms with Crippen LogP contribution >= 0.6 is 0 Å². The number of hydrogen-bond donors (Lipinski definition) is 0. The van der Waals surface area contributed by atoms with Crippen LogP contribution in [0, 0.1) is 11.8 Å². The van der Waals surface area contributed by atoms with Gasteiger partial charge in [-0.3, -0.25) is 0 Å². The minimum atomic E-state index is 0.709. The average molecular weight is 184 g/mol. The topological polar surface area (TPSA) is 0 Å². The molecule has 0 amide bonds. The molecular weight excluding hydrogens is 156 g/mol. The molecule has 0 aliphatic heterocycles. The standard InChI is InChI=1S/C11H22.C2H6/c1-5-7-11(6-2)9-8-10(3)4;1-2/h8-11H,5-7H2,1-4H3;1-2H3/b9-8+;. The minimum absolute atomic E-state index is 0.709. The molecule has 0 aliphatic carbocycles. The molecule has 80 valence electrons. The normalized spacial score (nSPS) is 12.8. The lowest BCUT2D eigenvalue weighted by Crippen LogP contribution is -1.93. The van der Waals surface area contributed by atoms with Crippen LogP contribution in [-0.2, 0) is 0 Å². The fourth-order valence-corrected chi connectivity index (χ4v) is 1.19. The van der Waals surface area contributed by atoms with Crippen LogP contribution in [0.15, 0.2) is 12.2 Å². The van der Waals surface area contributed by atoms with Crippen molar-refractivity contribution in [1.29, 1.82) is 0 Å². The van der Waals surface area contributed by atoms with E-state index in [2.05, 4.69) is 39.8 Å². The molecule has 0 bridgehead atoms. The third-order valence-corrected chi connectivity index (χ3v) is 1.95. The Labute approximate surface area is 85.4 Å². The predicted octanol–water partition coefficient (Wildman–Crippen LogP) is 5.05. The zero-order valence-electron chi connectivity index (χ0n) is 10.4. The van der Waals surface area contributed by atoms with Crippen LogP contribution in [0.5, 0.6) is 0 Å². The van der Waals surface area contributed by atoms with Crippen LogP contribution < -0.4 is 0 Å². The lowest BCUT2D eigenvalue weighted by atomic mass is 9.99. The van der Waals surface area contributed by atoms with E-state index in [4.69, 9.17) is 0 Å². The Morgan fingerprint density at radius 3 is 1.85 bits per heavy atom. The quantitative estimate of drug-likeness (QED) is 0.524. The van der Waals surface area contributed by atoms with Gasteiger partial charge in [-0.25, -0.2) is 0 Å². The molecule has 0 nitrogen and oxygen atoms in total. The summed E-state index contributed by atoms with van der Waals surface area (Å²) < 4.78 is 0. The van der Waals surface area contributed by atoms with Gasteiger partial charge in [-0.05, 0) is 24.7 Å². The van der Waals surface area contributed by atoms with Crippen molar-refractivity contribution >= 4 is 0 Å². The second-order valence-electron chi connectivity index (χ2n) is 3.59. The smallest absolute Gasteiger partial charge is 0.0236 e. The molecule has 1 atom stereocenters. The monoisotopic (exact) mass is 184 g/mol. The molecule has 0 heteroatoms. The van der Waals surface area contributed by atoms with Gasteiger partial charge in [0.15, 0.2) is 0 Å². The van der Waals surface area contributed by atoms with Gasteiger partial charge >= 0.3 is 0 Å². The summed E-state index contributed by atoms with van der Waals surface area (Å²) in [6, 6.07) is 0. The maximum Gasteiger partial charge on any atom is -0.0236 e. The van der Waals surface area contributed by atoms with Crippen molar-refractivity contribution in [3.05, 3.63) is 12.2 Å². The molecule has 0 radical (unpaired) electrons. The van der Waals surface area contributed by atoms with E-state index >= 15 is 0 Å². The summed E-state index contributed by atoms with van der Waals surface area (Å²) >= 11 is 0. The molecule has 0 spiro atoms. The number of allylic oxidation sites excluding steroid dienone is 2. The molecule has 0 fully saturated rings.